The summed E-state index contributed by atoms with van der Waals surface area (Å²) in [5.41, 5.74) is -0.467. The second-order valence-electron chi connectivity index (χ2n) is 3.96. The van der Waals surface area contributed by atoms with Crippen LogP contribution < -0.4 is 4.72 Å². The molecule has 8 nitrogen and oxygen atoms in total. The number of hydrogen-bond donors (Lipinski definition) is 2. The molecule has 0 aliphatic carbocycles. The van der Waals surface area contributed by atoms with Gasteiger partial charge in [-0.25, -0.2) is 13.1 Å². The van der Waals surface area contributed by atoms with Crippen LogP contribution in [-0.2, 0) is 14.8 Å². The largest absolute Gasteiger partial charge is 0.394 e. The van der Waals surface area contributed by atoms with Crippen molar-refractivity contribution in [3.63, 3.8) is 0 Å². The number of aliphatic hydroxyl groups is 1. The highest BCUT2D eigenvalue weighted by Crippen LogP contribution is 2.26. The van der Waals surface area contributed by atoms with Gasteiger partial charge < -0.3 is 9.84 Å². The Hall–Kier alpha value is -1.26. The smallest absolute Gasteiger partial charge is 0.289 e. The van der Waals surface area contributed by atoms with Crippen LogP contribution >= 0.6 is 11.6 Å². The van der Waals surface area contributed by atoms with E-state index in [1.54, 1.807) is 0 Å². The SMILES string of the molecule is O=[N+]([O-])c1cc(S(=O)(=O)NCCCOCCO)ccc1Cl. The number of halogens is 1. The van der Waals surface area contributed by atoms with Crippen LogP contribution in [0.15, 0.2) is 23.1 Å². The zero-order valence-electron chi connectivity index (χ0n) is 11.0. The topological polar surface area (TPSA) is 119 Å². The first kappa shape index (κ1) is 17.8. The molecular formula is C11H15ClN2O6S. The minimum absolute atomic E-state index is 0.0971. The molecule has 0 aliphatic rings. The Kier molecular flexibility index (Phi) is 6.99. The van der Waals surface area contributed by atoms with Gasteiger partial charge in [0.1, 0.15) is 5.02 Å². The molecule has 1 rings (SSSR count). The van der Waals surface area contributed by atoms with Crippen LogP contribution in [0.4, 0.5) is 5.69 Å². The molecule has 10 heteroatoms. The van der Waals surface area contributed by atoms with Crippen molar-refractivity contribution in [1.29, 1.82) is 0 Å². The molecule has 0 spiro atoms. The van der Waals surface area contributed by atoms with E-state index in [0.29, 0.717) is 13.0 Å². The molecule has 0 atom stereocenters. The lowest BCUT2D eigenvalue weighted by molar-refractivity contribution is -0.384. The predicted molar refractivity (Wildman–Crippen MR) is 75.8 cm³/mol. The van der Waals surface area contributed by atoms with Gasteiger partial charge >= 0.3 is 0 Å². The van der Waals surface area contributed by atoms with E-state index >= 15 is 0 Å². The van der Waals surface area contributed by atoms with E-state index in [-0.39, 0.29) is 29.7 Å². The summed E-state index contributed by atoms with van der Waals surface area (Å²) in [6.45, 7) is 0.504. The minimum Gasteiger partial charge on any atom is -0.394 e. The van der Waals surface area contributed by atoms with E-state index < -0.39 is 20.6 Å². The van der Waals surface area contributed by atoms with Crippen LogP contribution in [0.5, 0.6) is 0 Å². The highest BCUT2D eigenvalue weighted by Gasteiger charge is 2.20. The fourth-order valence-electron chi connectivity index (χ4n) is 1.43. The number of hydrogen-bond acceptors (Lipinski definition) is 6. The molecule has 0 aromatic heterocycles. The normalized spacial score (nSPS) is 11.5. The summed E-state index contributed by atoms with van der Waals surface area (Å²) in [7, 11) is -3.84. The third-order valence-electron chi connectivity index (χ3n) is 2.42. The van der Waals surface area contributed by atoms with Crippen LogP contribution in [0.25, 0.3) is 0 Å². The van der Waals surface area contributed by atoms with Gasteiger partial charge in [-0.3, -0.25) is 10.1 Å². The van der Waals surface area contributed by atoms with Gasteiger partial charge in [0.15, 0.2) is 0 Å². The predicted octanol–water partition coefficient (Wildman–Crippen LogP) is 0.925. The highest BCUT2D eigenvalue weighted by atomic mass is 35.5. The maximum atomic E-state index is 11.9. The first-order chi connectivity index (χ1) is 9.88. The highest BCUT2D eigenvalue weighted by molar-refractivity contribution is 7.89. The van der Waals surface area contributed by atoms with Gasteiger partial charge in [-0.2, -0.15) is 0 Å². The summed E-state index contributed by atoms with van der Waals surface area (Å²) in [6.07, 6.45) is 0.412. The number of nitrogens with zero attached hydrogens (tertiary/aromatic N) is 1. The number of nitro benzene ring substituents is 1. The van der Waals surface area contributed by atoms with Crippen LogP contribution in [0, 0.1) is 10.1 Å². The lowest BCUT2D eigenvalue weighted by Gasteiger charge is -2.07. The van der Waals surface area contributed by atoms with Gasteiger partial charge in [0, 0.05) is 19.2 Å². The number of rotatable bonds is 9. The average Bonchev–Trinajstić information content (AvgIpc) is 2.42. The zero-order chi connectivity index (χ0) is 15.9. The van der Waals surface area contributed by atoms with Gasteiger partial charge in [-0.15, -0.1) is 0 Å². The first-order valence-corrected chi connectivity index (χ1v) is 7.87. The minimum atomic E-state index is -3.84. The maximum absolute atomic E-state index is 11.9. The monoisotopic (exact) mass is 338 g/mol. The summed E-state index contributed by atoms with van der Waals surface area (Å²) in [5.74, 6) is 0. The molecule has 0 heterocycles. The van der Waals surface area contributed by atoms with Crippen LogP contribution in [0.2, 0.25) is 5.02 Å². The fraction of sp³-hybridized carbons (Fsp3) is 0.455. The standard InChI is InChI=1S/C11H15ClN2O6S/c12-10-3-2-9(8-11(10)14(16)17)21(18,19)13-4-1-6-20-7-5-15/h2-3,8,13,15H,1,4-7H2. The number of nitrogens with one attached hydrogen (secondary N) is 1. The summed E-state index contributed by atoms with van der Waals surface area (Å²) >= 11 is 5.62. The van der Waals surface area contributed by atoms with Crippen molar-refractivity contribution in [1.82, 2.24) is 4.72 Å². The molecule has 0 aliphatic heterocycles. The lowest BCUT2D eigenvalue weighted by atomic mass is 10.3. The summed E-state index contributed by atoms with van der Waals surface area (Å²) in [4.78, 5) is 9.76. The van der Waals surface area contributed by atoms with Gasteiger partial charge in [0.25, 0.3) is 5.69 Å². The number of benzene rings is 1. The number of ether oxygens (including phenoxy) is 1. The van der Waals surface area contributed by atoms with Gasteiger partial charge in [-0.05, 0) is 18.6 Å². The molecule has 0 amide bonds. The number of sulfonamides is 1. The molecular weight excluding hydrogens is 324 g/mol. The molecule has 1 aromatic carbocycles. The van der Waals surface area contributed by atoms with E-state index in [2.05, 4.69) is 4.72 Å². The number of aliphatic hydroxyl groups excluding tert-OH is 1. The Bertz CT molecular complexity index is 592. The summed E-state index contributed by atoms with van der Waals surface area (Å²) in [6, 6.07) is 3.27. The third kappa shape index (κ3) is 5.56. The van der Waals surface area contributed by atoms with Crippen LogP contribution in [-0.4, -0.2) is 44.8 Å². The van der Waals surface area contributed by atoms with E-state index in [9.17, 15) is 18.5 Å². The van der Waals surface area contributed by atoms with Crippen LogP contribution in [0.3, 0.4) is 0 Å². The Labute approximate surface area is 126 Å². The Morgan fingerprint density at radius 2 is 2.10 bits per heavy atom. The summed E-state index contributed by atoms with van der Waals surface area (Å²) in [5, 5.41) is 19.1. The molecule has 2 N–H and O–H groups in total. The van der Waals surface area contributed by atoms with Crippen molar-refractivity contribution < 1.29 is 23.2 Å². The van der Waals surface area contributed by atoms with E-state index in [1.165, 1.54) is 12.1 Å². The lowest BCUT2D eigenvalue weighted by Crippen LogP contribution is -2.25. The van der Waals surface area contributed by atoms with E-state index in [4.69, 9.17) is 21.4 Å². The zero-order valence-corrected chi connectivity index (χ0v) is 12.6. The van der Waals surface area contributed by atoms with E-state index in [1.807, 2.05) is 0 Å². The molecule has 118 valence electrons. The second kappa shape index (κ2) is 8.25. The quantitative estimate of drug-likeness (QED) is 0.392. The molecule has 0 radical (unpaired) electrons. The fourth-order valence-corrected chi connectivity index (χ4v) is 2.71. The molecule has 0 saturated heterocycles. The van der Waals surface area contributed by atoms with Crippen molar-refractivity contribution in [2.75, 3.05) is 26.4 Å². The average molecular weight is 339 g/mol. The molecule has 0 fully saturated rings. The molecule has 0 unspecified atom stereocenters. The van der Waals surface area contributed by atoms with Crippen molar-refractivity contribution in [2.45, 2.75) is 11.3 Å². The van der Waals surface area contributed by atoms with Crippen molar-refractivity contribution in [3.8, 4) is 0 Å². The van der Waals surface area contributed by atoms with Crippen molar-refractivity contribution in [2.24, 2.45) is 0 Å². The third-order valence-corrected chi connectivity index (χ3v) is 4.20. The van der Waals surface area contributed by atoms with Crippen LogP contribution in [0.1, 0.15) is 6.42 Å². The Morgan fingerprint density at radius 1 is 1.38 bits per heavy atom. The van der Waals surface area contributed by atoms with Gasteiger partial charge in [0.2, 0.25) is 10.0 Å². The van der Waals surface area contributed by atoms with Gasteiger partial charge in [-0.1, -0.05) is 11.6 Å². The van der Waals surface area contributed by atoms with E-state index in [0.717, 1.165) is 6.07 Å². The second-order valence-corrected chi connectivity index (χ2v) is 6.13. The van der Waals surface area contributed by atoms with Gasteiger partial charge in [0.05, 0.1) is 23.0 Å². The summed E-state index contributed by atoms with van der Waals surface area (Å²) < 4.78 is 31.2. The van der Waals surface area contributed by atoms with Crippen molar-refractivity contribution in [3.05, 3.63) is 33.3 Å². The Morgan fingerprint density at radius 3 is 2.71 bits per heavy atom. The maximum Gasteiger partial charge on any atom is 0.289 e. The number of nitro groups is 1. The molecule has 0 bridgehead atoms. The van der Waals surface area contributed by atoms with Crippen molar-refractivity contribution >= 4 is 27.3 Å². The Balaban J connectivity index is 2.66. The first-order valence-electron chi connectivity index (χ1n) is 6.00. The molecule has 0 saturated carbocycles. The molecule has 21 heavy (non-hydrogen) atoms. The molecule has 1 aromatic rings.